The first kappa shape index (κ1) is 13.5. The maximum Gasteiger partial charge on any atom is 0.228 e. The van der Waals surface area contributed by atoms with Crippen molar-refractivity contribution in [1.82, 2.24) is 0 Å². The molecule has 0 unspecified atom stereocenters. The van der Waals surface area contributed by atoms with Crippen molar-refractivity contribution in [3.8, 4) is 0 Å². The van der Waals surface area contributed by atoms with Gasteiger partial charge in [0.15, 0.2) is 5.76 Å². The summed E-state index contributed by atoms with van der Waals surface area (Å²) in [5.41, 5.74) is 0.985. The molecule has 100 valence electrons. The fourth-order valence-electron chi connectivity index (χ4n) is 1.95. The van der Waals surface area contributed by atoms with Crippen molar-refractivity contribution >= 4 is 51.6 Å². The molecule has 2 aromatic carbocycles. The fourth-order valence-corrected chi connectivity index (χ4v) is 2.66. The van der Waals surface area contributed by atoms with Crippen LogP contribution in [0, 0.1) is 0 Å². The Morgan fingerprint density at radius 3 is 2.25 bits per heavy atom. The predicted octanol–water partition coefficient (Wildman–Crippen LogP) is 5.62. The summed E-state index contributed by atoms with van der Waals surface area (Å²) in [7, 11) is 0. The van der Waals surface area contributed by atoms with Gasteiger partial charge < -0.3 is 4.42 Å². The smallest absolute Gasteiger partial charge is 0.228 e. The Labute approximate surface area is 129 Å². The molecule has 0 saturated heterocycles. The number of carbonyl (C=O) groups is 1. The first-order valence-electron chi connectivity index (χ1n) is 5.73. The molecule has 1 aromatic heterocycles. The van der Waals surface area contributed by atoms with Gasteiger partial charge in [-0.15, -0.1) is 0 Å². The van der Waals surface area contributed by atoms with Crippen molar-refractivity contribution in [2.45, 2.75) is 0 Å². The monoisotopic (exact) mass is 324 g/mol. The van der Waals surface area contributed by atoms with Crippen LogP contribution in [0.4, 0.5) is 0 Å². The van der Waals surface area contributed by atoms with Gasteiger partial charge in [0.2, 0.25) is 5.78 Å². The second-order valence-electron chi connectivity index (χ2n) is 4.28. The number of carbonyl (C=O) groups excluding carboxylic acids is 1. The fraction of sp³-hybridized carbons (Fsp3) is 0. The number of fused-ring (bicyclic) bond motifs is 1. The molecular weight excluding hydrogens is 319 g/mol. The van der Waals surface area contributed by atoms with Crippen LogP contribution in [-0.4, -0.2) is 5.78 Å². The van der Waals surface area contributed by atoms with Crippen LogP contribution in [0.5, 0.6) is 0 Å². The molecule has 0 aliphatic rings. The third-order valence-corrected chi connectivity index (χ3v) is 3.50. The molecule has 0 saturated carbocycles. The molecule has 0 spiro atoms. The van der Waals surface area contributed by atoms with Crippen LogP contribution >= 0.6 is 34.8 Å². The molecule has 0 bridgehead atoms. The van der Waals surface area contributed by atoms with E-state index in [4.69, 9.17) is 39.2 Å². The van der Waals surface area contributed by atoms with Gasteiger partial charge in [0.1, 0.15) is 5.58 Å². The third-order valence-electron chi connectivity index (χ3n) is 2.83. The van der Waals surface area contributed by atoms with Gasteiger partial charge >= 0.3 is 0 Å². The number of benzene rings is 2. The zero-order valence-corrected chi connectivity index (χ0v) is 12.3. The van der Waals surface area contributed by atoms with E-state index in [1.807, 2.05) is 0 Å². The maximum absolute atomic E-state index is 12.4. The lowest BCUT2D eigenvalue weighted by molar-refractivity contribution is 0.101. The Morgan fingerprint density at radius 2 is 1.55 bits per heavy atom. The van der Waals surface area contributed by atoms with Gasteiger partial charge in [-0.05, 0) is 42.5 Å². The van der Waals surface area contributed by atoms with E-state index in [0.717, 1.165) is 5.39 Å². The summed E-state index contributed by atoms with van der Waals surface area (Å²) in [6.45, 7) is 0. The van der Waals surface area contributed by atoms with E-state index < -0.39 is 0 Å². The van der Waals surface area contributed by atoms with Crippen LogP contribution < -0.4 is 0 Å². The van der Waals surface area contributed by atoms with Crippen molar-refractivity contribution in [2.24, 2.45) is 0 Å². The number of halogens is 3. The number of ketones is 1. The van der Waals surface area contributed by atoms with E-state index in [9.17, 15) is 4.79 Å². The van der Waals surface area contributed by atoms with Crippen molar-refractivity contribution in [1.29, 1.82) is 0 Å². The molecule has 5 heteroatoms. The van der Waals surface area contributed by atoms with Crippen LogP contribution in [0.1, 0.15) is 16.1 Å². The van der Waals surface area contributed by atoms with E-state index in [1.165, 1.54) is 0 Å². The lowest BCUT2D eigenvalue weighted by atomic mass is 10.1. The molecule has 2 nitrogen and oxygen atoms in total. The Balaban J connectivity index is 2.07. The molecule has 0 amide bonds. The van der Waals surface area contributed by atoms with E-state index in [2.05, 4.69) is 0 Å². The van der Waals surface area contributed by atoms with Crippen LogP contribution in [0.2, 0.25) is 15.1 Å². The molecule has 0 fully saturated rings. The average Bonchev–Trinajstić information content (AvgIpc) is 2.79. The van der Waals surface area contributed by atoms with Crippen LogP contribution in [0.3, 0.4) is 0 Å². The summed E-state index contributed by atoms with van der Waals surface area (Å²) in [5.74, 6) is -0.0534. The van der Waals surface area contributed by atoms with Crippen molar-refractivity contribution in [2.75, 3.05) is 0 Å². The van der Waals surface area contributed by atoms with Crippen molar-refractivity contribution < 1.29 is 9.21 Å². The zero-order valence-electron chi connectivity index (χ0n) is 9.99. The standard InChI is InChI=1S/C15H7Cl3O2/c16-10-1-2-13-8(3-10)6-14(20-13)15(19)9-4-11(17)7-12(18)5-9/h1-7H. The van der Waals surface area contributed by atoms with Crippen LogP contribution in [0.15, 0.2) is 46.9 Å². The molecule has 1 heterocycles. The predicted molar refractivity (Wildman–Crippen MR) is 81.1 cm³/mol. The van der Waals surface area contributed by atoms with Gasteiger partial charge in [0.25, 0.3) is 0 Å². The second kappa shape index (κ2) is 5.13. The number of rotatable bonds is 2. The molecule has 0 aliphatic carbocycles. The minimum Gasteiger partial charge on any atom is -0.453 e. The maximum atomic E-state index is 12.4. The number of furan rings is 1. The Kier molecular flexibility index (Phi) is 3.47. The third kappa shape index (κ3) is 2.55. The van der Waals surface area contributed by atoms with Crippen LogP contribution in [-0.2, 0) is 0 Å². The highest BCUT2D eigenvalue weighted by Gasteiger charge is 2.16. The van der Waals surface area contributed by atoms with E-state index in [1.54, 1.807) is 42.5 Å². The zero-order chi connectivity index (χ0) is 14.3. The molecule has 20 heavy (non-hydrogen) atoms. The molecule has 0 N–H and O–H groups in total. The van der Waals surface area contributed by atoms with Crippen molar-refractivity contribution in [3.05, 3.63) is 68.9 Å². The topological polar surface area (TPSA) is 30.2 Å². The molecule has 3 rings (SSSR count). The van der Waals surface area contributed by atoms with Gasteiger partial charge in [-0.2, -0.15) is 0 Å². The minimum atomic E-state index is -0.276. The lowest BCUT2D eigenvalue weighted by Gasteiger charge is -1.99. The normalized spacial score (nSPS) is 10.9. The Bertz CT molecular complexity index is 801. The lowest BCUT2D eigenvalue weighted by Crippen LogP contribution is -1.99. The first-order valence-corrected chi connectivity index (χ1v) is 6.86. The number of hydrogen-bond acceptors (Lipinski definition) is 2. The first-order chi connectivity index (χ1) is 9.52. The molecule has 0 atom stereocenters. The second-order valence-corrected chi connectivity index (χ2v) is 5.59. The summed E-state index contributed by atoms with van der Waals surface area (Å²) in [4.78, 5) is 12.4. The Morgan fingerprint density at radius 1 is 0.850 bits per heavy atom. The van der Waals surface area contributed by atoms with Gasteiger partial charge in [-0.1, -0.05) is 34.8 Å². The molecule has 0 radical (unpaired) electrons. The highest BCUT2D eigenvalue weighted by molar-refractivity contribution is 6.35. The highest BCUT2D eigenvalue weighted by Crippen LogP contribution is 2.26. The van der Waals surface area contributed by atoms with Gasteiger partial charge in [-0.3, -0.25) is 4.79 Å². The summed E-state index contributed by atoms with van der Waals surface area (Å²) in [6.07, 6.45) is 0. The van der Waals surface area contributed by atoms with E-state index >= 15 is 0 Å². The van der Waals surface area contributed by atoms with E-state index in [-0.39, 0.29) is 11.5 Å². The van der Waals surface area contributed by atoms with Crippen LogP contribution in [0.25, 0.3) is 11.0 Å². The quantitative estimate of drug-likeness (QED) is 0.572. The summed E-state index contributed by atoms with van der Waals surface area (Å²) in [6, 6.07) is 11.5. The largest absolute Gasteiger partial charge is 0.453 e. The summed E-state index contributed by atoms with van der Waals surface area (Å²) in [5, 5.41) is 2.16. The Hall–Kier alpha value is -1.48. The van der Waals surface area contributed by atoms with E-state index in [0.29, 0.717) is 26.2 Å². The minimum absolute atomic E-state index is 0.223. The molecular formula is C15H7Cl3O2. The highest BCUT2D eigenvalue weighted by atomic mass is 35.5. The van der Waals surface area contributed by atoms with Gasteiger partial charge in [0, 0.05) is 26.0 Å². The SMILES string of the molecule is O=C(c1cc(Cl)cc(Cl)c1)c1cc2cc(Cl)ccc2o1. The van der Waals surface area contributed by atoms with Crippen molar-refractivity contribution in [3.63, 3.8) is 0 Å². The van der Waals surface area contributed by atoms with Gasteiger partial charge in [0.05, 0.1) is 0 Å². The summed E-state index contributed by atoms with van der Waals surface area (Å²) >= 11 is 17.7. The number of hydrogen-bond donors (Lipinski definition) is 0. The average molecular weight is 326 g/mol. The molecule has 0 aliphatic heterocycles. The molecule has 3 aromatic rings. The van der Waals surface area contributed by atoms with Gasteiger partial charge in [-0.25, -0.2) is 0 Å². The summed E-state index contributed by atoms with van der Waals surface area (Å²) < 4.78 is 5.52.